The van der Waals surface area contributed by atoms with E-state index < -0.39 is 0 Å². The molecule has 12 heteroatoms. The second-order valence-corrected chi connectivity index (χ2v) is 36.0. The lowest BCUT2D eigenvalue weighted by Crippen LogP contribution is -2.58. The van der Waals surface area contributed by atoms with Gasteiger partial charge in [0.05, 0.1) is 33.0 Å². The number of rotatable bonds is 19. The van der Waals surface area contributed by atoms with Crippen LogP contribution in [0.25, 0.3) is 0 Å². The average molecular weight is 1290 g/mol. The Morgan fingerprint density at radius 1 is 0.385 bits per heavy atom. The molecule has 0 aromatic carbocycles. The first kappa shape index (κ1) is 85.8. The van der Waals surface area contributed by atoms with Crippen LogP contribution in [-0.4, -0.2) is 69.4 Å². The summed E-state index contributed by atoms with van der Waals surface area (Å²) in [4.78, 5) is 71.3. The van der Waals surface area contributed by atoms with Gasteiger partial charge in [0.1, 0.15) is 33.6 Å². The van der Waals surface area contributed by atoms with Crippen molar-refractivity contribution >= 4 is 35.8 Å². The molecule has 0 radical (unpaired) electrons. The van der Waals surface area contributed by atoms with Crippen LogP contribution < -0.4 is 0 Å². The molecule has 91 heavy (non-hydrogen) atoms. The number of hydrogen-bond donors (Lipinski definition) is 0. The molecule has 4 bridgehead atoms. The number of hydrogen-bond acceptors (Lipinski definition) is 12. The van der Waals surface area contributed by atoms with E-state index in [9.17, 15) is 28.8 Å². The van der Waals surface area contributed by atoms with E-state index in [0.29, 0.717) is 11.8 Å². The van der Waals surface area contributed by atoms with Crippen molar-refractivity contribution in [3.63, 3.8) is 0 Å². The first-order valence-electron chi connectivity index (χ1n) is 36.6. The topological polar surface area (TPSA) is 158 Å². The summed E-state index contributed by atoms with van der Waals surface area (Å²) in [5.41, 5.74) is -3.30. The molecule has 0 aliphatic heterocycles. The van der Waals surface area contributed by atoms with Gasteiger partial charge in [-0.3, -0.25) is 28.8 Å². The highest BCUT2D eigenvalue weighted by Gasteiger charge is 2.59. The van der Waals surface area contributed by atoms with Gasteiger partial charge in [0.25, 0.3) is 0 Å². The van der Waals surface area contributed by atoms with Crippen molar-refractivity contribution in [2.24, 2.45) is 68.0 Å². The molecular formula is C79H146O12. The van der Waals surface area contributed by atoms with Gasteiger partial charge in [0.2, 0.25) is 0 Å². The first-order chi connectivity index (χ1) is 41.2. The van der Waals surface area contributed by atoms with Gasteiger partial charge in [-0.2, -0.15) is 0 Å². The maximum atomic E-state index is 12.6. The van der Waals surface area contributed by atoms with E-state index in [1.807, 2.05) is 152 Å². The minimum absolute atomic E-state index is 0.00857. The molecule has 7 rings (SSSR count). The van der Waals surface area contributed by atoms with Crippen molar-refractivity contribution in [1.29, 1.82) is 0 Å². The van der Waals surface area contributed by atoms with Crippen LogP contribution in [0.4, 0.5) is 0 Å². The molecule has 0 N–H and O–H groups in total. The zero-order valence-corrected chi connectivity index (χ0v) is 65.0. The van der Waals surface area contributed by atoms with E-state index in [0.717, 1.165) is 69.1 Å². The fourth-order valence-electron chi connectivity index (χ4n) is 13.0. The number of esters is 6. The molecule has 1 unspecified atom stereocenters. The maximum Gasteiger partial charge on any atom is 0.312 e. The van der Waals surface area contributed by atoms with Gasteiger partial charge >= 0.3 is 35.8 Å². The zero-order valence-electron chi connectivity index (χ0n) is 65.0. The molecule has 0 aromatic rings. The monoisotopic (exact) mass is 1290 g/mol. The number of carbonyl (C=O) groups is 6. The molecule has 0 spiro atoms. The Hall–Kier alpha value is -3.18. The van der Waals surface area contributed by atoms with Crippen LogP contribution in [0.5, 0.6) is 0 Å². The van der Waals surface area contributed by atoms with Crippen molar-refractivity contribution in [3.8, 4) is 0 Å². The van der Waals surface area contributed by atoms with Crippen LogP contribution in [0.3, 0.4) is 0 Å². The van der Waals surface area contributed by atoms with Gasteiger partial charge in [-0.1, -0.05) is 80.6 Å². The fraction of sp³-hybridized carbons (Fsp3) is 0.924. The molecule has 12 nitrogen and oxygen atoms in total. The minimum Gasteiger partial charge on any atom is -0.460 e. The van der Waals surface area contributed by atoms with Crippen molar-refractivity contribution in [2.45, 2.75) is 402 Å². The predicted octanol–water partition coefficient (Wildman–Crippen LogP) is 21.7. The van der Waals surface area contributed by atoms with Crippen LogP contribution in [-0.2, 0) is 57.2 Å². The molecule has 7 saturated carbocycles. The number of ether oxygens (including phenoxy) is 6. The molecule has 534 valence electrons. The predicted molar refractivity (Wildman–Crippen MR) is 374 cm³/mol. The average Bonchev–Trinajstić information content (AvgIpc) is 1.19. The van der Waals surface area contributed by atoms with Crippen LogP contribution in [0.2, 0.25) is 0 Å². The molecular weight excluding hydrogens is 1140 g/mol. The quantitative estimate of drug-likeness (QED) is 0.0892. The lowest BCUT2D eigenvalue weighted by Gasteiger charge is -2.61. The zero-order chi connectivity index (χ0) is 70.8. The van der Waals surface area contributed by atoms with E-state index in [-0.39, 0.29) is 108 Å². The van der Waals surface area contributed by atoms with Gasteiger partial charge in [-0.05, 0) is 317 Å². The lowest BCUT2D eigenvalue weighted by atomic mass is 9.46. The Balaban J connectivity index is 0.000000554. The summed E-state index contributed by atoms with van der Waals surface area (Å²) < 4.78 is 33.7. The second kappa shape index (κ2) is 34.7. The summed E-state index contributed by atoms with van der Waals surface area (Å²) in [5, 5.41) is 0. The van der Waals surface area contributed by atoms with E-state index in [1.54, 1.807) is 0 Å². The maximum absolute atomic E-state index is 12.6. The van der Waals surface area contributed by atoms with Crippen molar-refractivity contribution in [2.75, 3.05) is 0 Å². The molecule has 1 atom stereocenters. The van der Waals surface area contributed by atoms with Crippen molar-refractivity contribution < 1.29 is 57.2 Å². The third kappa shape index (κ3) is 27.8. The summed E-state index contributed by atoms with van der Waals surface area (Å²) in [6, 6.07) is 0. The first-order valence-corrected chi connectivity index (χ1v) is 36.6. The molecule has 0 saturated heterocycles. The Labute approximate surface area is 560 Å². The van der Waals surface area contributed by atoms with Crippen molar-refractivity contribution in [1.82, 2.24) is 0 Å². The normalized spacial score (nSPS) is 22.4. The van der Waals surface area contributed by atoms with E-state index in [4.69, 9.17) is 28.4 Å². The largest absolute Gasteiger partial charge is 0.460 e. The van der Waals surface area contributed by atoms with Crippen LogP contribution >= 0.6 is 0 Å². The SMILES string of the molecule is CCC(C)(C)C(=O)OC(C)(C)C.CCC(C)(C)C(=O)OC(C)(C)C12CC3CC(CC(C3)C1)C2.CCC(C)(C)C(=O)OC(C)(C)C1CCCC1.CCC(C)(C)C(=O)OC(C)(C)C1CCCCC1.CCC(C)(C)C(=O)OC1(C)CCCC1.CCC(C)C(=O)OC(C)(C)C. The van der Waals surface area contributed by atoms with Gasteiger partial charge in [0.15, 0.2) is 0 Å². The summed E-state index contributed by atoms with van der Waals surface area (Å²) >= 11 is 0. The van der Waals surface area contributed by atoms with E-state index >= 15 is 0 Å². The Morgan fingerprint density at radius 2 is 0.670 bits per heavy atom. The smallest absolute Gasteiger partial charge is 0.312 e. The van der Waals surface area contributed by atoms with Crippen molar-refractivity contribution in [3.05, 3.63) is 0 Å². The summed E-state index contributed by atoms with van der Waals surface area (Å²) in [6.07, 6.45) is 28.8. The summed E-state index contributed by atoms with van der Waals surface area (Å²) in [5.74, 6) is 3.44. The Kier molecular flexibility index (Phi) is 32.7. The molecule has 0 heterocycles. The standard InChI is InChI=1S/C19H32O2.C15H28O2.C14H26O2.C12H22O2.C10H20O2.C9H18O2/c1-6-17(2,3)16(20)21-18(4,5)19-10-13-7-14(11-19)9-15(8-13)12-19;1-6-14(2,3)13(16)17-15(4,5)12-10-8-7-9-11-12;1-6-13(2,3)12(15)16-14(4,5)11-9-7-8-10-11;1-5-11(2,3)10(13)14-12(4)8-6-7-9-12;1-7-10(5,6)8(11)12-9(2,3)4;1-6-7(2)8(10)11-9(3,4)5/h13-15H,6-12H2,1-5H3;12H,6-11H2,1-5H3;11H,6-10H2,1-5H3;5-9H2,1-4H3;7H2,1-6H3;7H,6H2,1-5H3. The van der Waals surface area contributed by atoms with E-state index in [2.05, 4.69) is 55.4 Å². The summed E-state index contributed by atoms with van der Waals surface area (Å²) in [7, 11) is 0. The molecule has 0 amide bonds. The van der Waals surface area contributed by atoms with Crippen LogP contribution in [0.15, 0.2) is 0 Å². The summed E-state index contributed by atoms with van der Waals surface area (Å²) in [6.45, 7) is 59.6. The highest BCUT2D eigenvalue weighted by Crippen LogP contribution is 2.64. The second-order valence-electron chi connectivity index (χ2n) is 36.0. The third-order valence-electron chi connectivity index (χ3n) is 22.3. The molecule has 0 aromatic heterocycles. The van der Waals surface area contributed by atoms with Gasteiger partial charge in [-0.15, -0.1) is 0 Å². The molecule has 7 aliphatic rings. The fourth-order valence-corrected chi connectivity index (χ4v) is 13.0. The Bertz CT molecular complexity index is 2210. The highest BCUT2D eigenvalue weighted by molar-refractivity contribution is 5.78. The lowest BCUT2D eigenvalue weighted by molar-refractivity contribution is -0.206. The minimum atomic E-state index is -0.372. The van der Waals surface area contributed by atoms with E-state index in [1.165, 1.54) is 109 Å². The van der Waals surface area contributed by atoms with Gasteiger partial charge < -0.3 is 28.4 Å². The third-order valence-corrected chi connectivity index (χ3v) is 22.3. The van der Waals surface area contributed by atoms with Crippen LogP contribution in [0, 0.1) is 68.0 Å². The Morgan fingerprint density at radius 3 is 0.967 bits per heavy atom. The van der Waals surface area contributed by atoms with Gasteiger partial charge in [0, 0.05) is 5.41 Å². The molecule has 7 aliphatic carbocycles. The molecule has 7 fully saturated rings. The van der Waals surface area contributed by atoms with Crippen LogP contribution in [0.1, 0.15) is 368 Å². The highest BCUT2D eigenvalue weighted by atomic mass is 16.6. The van der Waals surface area contributed by atoms with Gasteiger partial charge in [-0.25, -0.2) is 0 Å². The number of carbonyl (C=O) groups excluding carboxylic acids is 6.